The van der Waals surface area contributed by atoms with Crippen LogP contribution in [0, 0.1) is 13.8 Å². The molecule has 0 aliphatic carbocycles. The van der Waals surface area contributed by atoms with Gasteiger partial charge in [-0.25, -0.2) is 8.42 Å². The summed E-state index contributed by atoms with van der Waals surface area (Å²) in [5, 5.41) is 4.20. The summed E-state index contributed by atoms with van der Waals surface area (Å²) in [6, 6.07) is 6.46. The van der Waals surface area contributed by atoms with Crippen LogP contribution in [0.15, 0.2) is 39.8 Å². The van der Waals surface area contributed by atoms with Gasteiger partial charge in [-0.3, -0.25) is 9.40 Å². The van der Waals surface area contributed by atoms with Crippen molar-refractivity contribution in [1.82, 2.24) is 9.78 Å². The smallest absolute Gasteiger partial charge is 0.264 e. The number of nitrogens with one attached hydrogen (secondary N) is 1. The van der Waals surface area contributed by atoms with Gasteiger partial charge in [-0.2, -0.15) is 5.10 Å². The molecule has 0 atom stereocenters. The molecular weight excluding hydrogens is 385 g/mol. The van der Waals surface area contributed by atoms with Gasteiger partial charge in [0.25, 0.3) is 10.0 Å². The molecule has 0 aliphatic heterocycles. The molecule has 1 aromatic carbocycles. The van der Waals surface area contributed by atoms with Gasteiger partial charge >= 0.3 is 0 Å². The van der Waals surface area contributed by atoms with Crippen LogP contribution in [0.4, 0.5) is 5.69 Å². The van der Waals surface area contributed by atoms with Crippen LogP contribution in [0.25, 0.3) is 11.3 Å². The predicted molar refractivity (Wildman–Crippen MR) is 97.7 cm³/mol. The molecule has 6 nitrogen and oxygen atoms in total. The third kappa shape index (κ3) is 3.27. The van der Waals surface area contributed by atoms with Gasteiger partial charge in [0, 0.05) is 12.6 Å². The molecule has 0 fully saturated rings. The zero-order chi connectivity index (χ0) is 18.4. The van der Waals surface area contributed by atoms with Gasteiger partial charge in [-0.1, -0.05) is 23.2 Å². The van der Waals surface area contributed by atoms with Crippen molar-refractivity contribution in [2.45, 2.75) is 18.7 Å². The molecule has 0 unspecified atom stereocenters. The lowest BCUT2D eigenvalue weighted by Gasteiger charge is -2.12. The van der Waals surface area contributed by atoms with E-state index in [-0.39, 0.29) is 14.9 Å². The van der Waals surface area contributed by atoms with E-state index in [0.717, 1.165) is 0 Å². The Labute approximate surface area is 155 Å². The highest BCUT2D eigenvalue weighted by atomic mass is 35.5. The highest BCUT2D eigenvalue weighted by molar-refractivity contribution is 7.93. The molecule has 0 saturated carbocycles. The van der Waals surface area contributed by atoms with Crippen molar-refractivity contribution in [1.29, 1.82) is 0 Å². The minimum Gasteiger partial charge on any atom is -0.464 e. The number of nitrogens with zero attached hydrogens (tertiary/aromatic N) is 2. The van der Waals surface area contributed by atoms with Crippen molar-refractivity contribution in [2.75, 3.05) is 4.72 Å². The zero-order valence-electron chi connectivity index (χ0n) is 13.7. The highest BCUT2D eigenvalue weighted by Crippen LogP contribution is 2.36. The van der Waals surface area contributed by atoms with Gasteiger partial charge in [0.05, 0.1) is 33.4 Å². The number of sulfonamides is 1. The second-order valence-electron chi connectivity index (χ2n) is 5.52. The molecule has 0 aliphatic rings. The molecule has 9 heteroatoms. The second kappa shape index (κ2) is 6.40. The summed E-state index contributed by atoms with van der Waals surface area (Å²) in [5.74, 6) is 0.541. The minimum atomic E-state index is -3.99. The fraction of sp³-hybridized carbons (Fsp3) is 0.188. The van der Waals surface area contributed by atoms with Crippen LogP contribution < -0.4 is 4.72 Å². The maximum absolute atomic E-state index is 12.8. The Morgan fingerprint density at radius 1 is 1.20 bits per heavy atom. The number of anilines is 1. The SMILES string of the molecule is Cc1nn(C)c(C)c1NS(=O)(=O)c1c(Cl)cc(-c2ccco2)cc1Cl. The molecule has 0 saturated heterocycles. The standard InChI is InChI=1S/C16H15Cl2N3O3S/c1-9-15(10(2)21(3)19-9)20-25(22,23)16-12(17)7-11(8-13(16)18)14-5-4-6-24-14/h4-8,20H,1-3H3. The first-order valence-corrected chi connectivity index (χ1v) is 9.50. The van der Waals surface area contributed by atoms with Crippen LogP contribution in [0.5, 0.6) is 0 Å². The molecule has 3 rings (SSSR count). The summed E-state index contributed by atoms with van der Waals surface area (Å²) in [6.07, 6.45) is 1.51. The molecule has 1 N–H and O–H groups in total. The number of halogens is 2. The van der Waals surface area contributed by atoms with Crippen LogP contribution >= 0.6 is 23.2 Å². The molecule has 25 heavy (non-hydrogen) atoms. The fourth-order valence-electron chi connectivity index (χ4n) is 2.51. The maximum Gasteiger partial charge on any atom is 0.264 e. The van der Waals surface area contributed by atoms with E-state index in [2.05, 4.69) is 9.82 Å². The van der Waals surface area contributed by atoms with Crippen LogP contribution in [-0.4, -0.2) is 18.2 Å². The molecule has 3 aromatic rings. The van der Waals surface area contributed by atoms with E-state index < -0.39 is 10.0 Å². The van der Waals surface area contributed by atoms with Gasteiger partial charge in [-0.05, 0) is 38.1 Å². The zero-order valence-corrected chi connectivity index (χ0v) is 16.0. The lowest BCUT2D eigenvalue weighted by atomic mass is 10.2. The highest BCUT2D eigenvalue weighted by Gasteiger charge is 2.25. The Kier molecular flexibility index (Phi) is 4.57. The van der Waals surface area contributed by atoms with Crippen molar-refractivity contribution < 1.29 is 12.8 Å². The third-order valence-corrected chi connectivity index (χ3v) is 6.09. The Morgan fingerprint density at radius 3 is 2.32 bits per heavy atom. The third-order valence-electron chi connectivity index (χ3n) is 3.82. The fourth-order valence-corrected chi connectivity index (χ4v) is 4.90. The van der Waals surface area contributed by atoms with Gasteiger partial charge in [0.1, 0.15) is 10.7 Å². The van der Waals surface area contributed by atoms with Crippen molar-refractivity contribution >= 4 is 38.9 Å². The van der Waals surface area contributed by atoms with Crippen LogP contribution in [0.1, 0.15) is 11.4 Å². The van der Waals surface area contributed by atoms with Crippen LogP contribution in [0.2, 0.25) is 10.0 Å². The van der Waals surface area contributed by atoms with E-state index >= 15 is 0 Å². The van der Waals surface area contributed by atoms with E-state index in [1.165, 1.54) is 18.4 Å². The number of hydrogen-bond acceptors (Lipinski definition) is 4. The number of aryl methyl sites for hydroxylation is 2. The van der Waals surface area contributed by atoms with Crippen LogP contribution in [0.3, 0.4) is 0 Å². The van der Waals surface area contributed by atoms with Gasteiger partial charge < -0.3 is 4.42 Å². The topological polar surface area (TPSA) is 77.1 Å². The first-order valence-electron chi connectivity index (χ1n) is 7.26. The number of aromatic nitrogens is 2. The summed E-state index contributed by atoms with van der Waals surface area (Å²) < 4.78 is 35.0. The number of hydrogen-bond donors (Lipinski definition) is 1. The van der Waals surface area contributed by atoms with E-state index in [0.29, 0.717) is 28.4 Å². The average molecular weight is 400 g/mol. The molecule has 0 radical (unpaired) electrons. The van der Waals surface area contributed by atoms with Crippen molar-refractivity contribution in [3.63, 3.8) is 0 Å². The van der Waals surface area contributed by atoms with E-state index in [4.69, 9.17) is 27.6 Å². The normalized spacial score (nSPS) is 11.7. The lowest BCUT2D eigenvalue weighted by Crippen LogP contribution is -2.15. The van der Waals surface area contributed by atoms with Crippen molar-refractivity contribution in [3.05, 3.63) is 52.0 Å². The molecule has 2 heterocycles. The average Bonchev–Trinajstić information content (AvgIpc) is 3.11. The number of benzene rings is 1. The summed E-state index contributed by atoms with van der Waals surface area (Å²) in [4.78, 5) is -0.186. The Hall–Kier alpha value is -1.96. The quantitative estimate of drug-likeness (QED) is 0.704. The summed E-state index contributed by atoms with van der Waals surface area (Å²) >= 11 is 12.4. The first kappa shape index (κ1) is 17.8. The van der Waals surface area contributed by atoms with Gasteiger partial charge in [0.2, 0.25) is 0 Å². The lowest BCUT2D eigenvalue weighted by molar-refractivity contribution is 0.582. The Balaban J connectivity index is 2.06. The monoisotopic (exact) mass is 399 g/mol. The summed E-state index contributed by atoms with van der Waals surface area (Å²) in [7, 11) is -2.26. The molecule has 0 bridgehead atoms. The molecule has 0 amide bonds. The molecule has 132 valence electrons. The maximum atomic E-state index is 12.8. The second-order valence-corrected chi connectivity index (χ2v) is 7.95. The first-order chi connectivity index (χ1) is 11.7. The molecule has 2 aromatic heterocycles. The van der Waals surface area contributed by atoms with Crippen molar-refractivity contribution in [2.24, 2.45) is 7.05 Å². The summed E-state index contributed by atoms with van der Waals surface area (Å²) in [6.45, 7) is 3.48. The van der Waals surface area contributed by atoms with Gasteiger partial charge in [0.15, 0.2) is 0 Å². The number of furan rings is 1. The largest absolute Gasteiger partial charge is 0.464 e. The Morgan fingerprint density at radius 2 is 1.84 bits per heavy atom. The van der Waals surface area contributed by atoms with Crippen molar-refractivity contribution in [3.8, 4) is 11.3 Å². The van der Waals surface area contributed by atoms with E-state index in [1.54, 1.807) is 37.7 Å². The summed E-state index contributed by atoms with van der Waals surface area (Å²) in [5.41, 5.74) is 2.24. The number of rotatable bonds is 4. The predicted octanol–water partition coefficient (Wildman–Crippen LogP) is 4.40. The minimum absolute atomic E-state index is 0.00518. The van der Waals surface area contributed by atoms with E-state index in [1.807, 2.05) is 0 Å². The molecule has 0 spiro atoms. The van der Waals surface area contributed by atoms with E-state index in [9.17, 15) is 8.42 Å². The van der Waals surface area contributed by atoms with Gasteiger partial charge in [-0.15, -0.1) is 0 Å². The molecular formula is C16H15Cl2N3O3S. The Bertz CT molecular complexity index is 1020. The van der Waals surface area contributed by atoms with Crippen LogP contribution in [-0.2, 0) is 17.1 Å².